The summed E-state index contributed by atoms with van der Waals surface area (Å²) in [6.45, 7) is 3.37. The van der Waals surface area contributed by atoms with E-state index in [2.05, 4.69) is 4.98 Å². The lowest BCUT2D eigenvalue weighted by Gasteiger charge is -2.33. The molecule has 2 heterocycles. The van der Waals surface area contributed by atoms with Crippen molar-refractivity contribution in [1.82, 2.24) is 9.88 Å². The van der Waals surface area contributed by atoms with Crippen LogP contribution in [-0.2, 0) is 4.74 Å². The van der Waals surface area contributed by atoms with Gasteiger partial charge < -0.3 is 9.64 Å². The summed E-state index contributed by atoms with van der Waals surface area (Å²) in [4.78, 5) is 17.1. The molecule has 4 nitrogen and oxygen atoms in total. The third kappa shape index (κ3) is 2.04. The average Bonchev–Trinajstić information content (AvgIpc) is 2.29. The second-order valence-electron chi connectivity index (χ2n) is 3.76. The van der Waals surface area contributed by atoms with Crippen molar-refractivity contribution < 1.29 is 13.9 Å². The van der Waals surface area contributed by atoms with Crippen LogP contribution in [0.3, 0.4) is 0 Å². The van der Waals surface area contributed by atoms with Crippen molar-refractivity contribution in [1.29, 1.82) is 0 Å². The van der Waals surface area contributed by atoms with Gasteiger partial charge in [0.25, 0.3) is 5.91 Å². The van der Waals surface area contributed by atoms with Gasteiger partial charge in [0.15, 0.2) is 0 Å². The topological polar surface area (TPSA) is 42.4 Å². The maximum Gasteiger partial charge on any atom is 0.258 e. The van der Waals surface area contributed by atoms with E-state index in [9.17, 15) is 9.18 Å². The number of ether oxygens (including phenoxy) is 1. The van der Waals surface area contributed by atoms with Gasteiger partial charge in [-0.2, -0.15) is 4.39 Å². The van der Waals surface area contributed by atoms with Crippen molar-refractivity contribution in [2.45, 2.75) is 13.0 Å². The number of aromatic nitrogens is 1. The lowest BCUT2D eigenvalue weighted by molar-refractivity contribution is 0.00330. The van der Waals surface area contributed by atoms with Gasteiger partial charge in [-0.3, -0.25) is 4.79 Å². The number of carbonyl (C=O) groups excluding carboxylic acids is 1. The summed E-state index contributed by atoms with van der Waals surface area (Å²) in [6, 6.07) is 2.98. The van der Waals surface area contributed by atoms with Crippen molar-refractivity contribution in [3.8, 4) is 0 Å². The van der Waals surface area contributed by atoms with Crippen molar-refractivity contribution in [2.24, 2.45) is 0 Å². The summed E-state index contributed by atoms with van der Waals surface area (Å²) in [5.41, 5.74) is 0.0243. The molecule has 1 unspecified atom stereocenters. The van der Waals surface area contributed by atoms with E-state index in [1.807, 2.05) is 6.92 Å². The third-order valence-electron chi connectivity index (χ3n) is 2.62. The highest BCUT2D eigenvalue weighted by molar-refractivity contribution is 5.94. The van der Waals surface area contributed by atoms with Crippen LogP contribution in [0.25, 0.3) is 0 Å². The maximum absolute atomic E-state index is 13.3. The molecule has 1 aliphatic heterocycles. The summed E-state index contributed by atoms with van der Waals surface area (Å²) in [6.07, 6.45) is 1.33. The number of carbonyl (C=O) groups is 1. The standard InChI is InChI=1S/C11H13FN2O2/c1-8-7-16-6-5-14(8)11(15)9-3-2-4-13-10(9)12/h2-4,8H,5-7H2,1H3. The SMILES string of the molecule is CC1COCCN1C(=O)c1cccnc1F. The monoisotopic (exact) mass is 224 g/mol. The van der Waals surface area contributed by atoms with E-state index in [0.29, 0.717) is 19.8 Å². The Balaban J connectivity index is 2.21. The molecule has 0 bridgehead atoms. The Morgan fingerprint density at radius 2 is 2.50 bits per heavy atom. The Hall–Kier alpha value is -1.49. The van der Waals surface area contributed by atoms with Crippen molar-refractivity contribution in [2.75, 3.05) is 19.8 Å². The molecule has 16 heavy (non-hydrogen) atoms. The summed E-state index contributed by atoms with van der Waals surface area (Å²) < 4.78 is 18.6. The summed E-state index contributed by atoms with van der Waals surface area (Å²) >= 11 is 0. The highest BCUT2D eigenvalue weighted by atomic mass is 19.1. The molecule has 1 aliphatic rings. The molecule has 0 radical (unpaired) electrons. The van der Waals surface area contributed by atoms with E-state index >= 15 is 0 Å². The Labute approximate surface area is 93.0 Å². The van der Waals surface area contributed by atoms with Gasteiger partial charge in [-0.05, 0) is 19.1 Å². The van der Waals surface area contributed by atoms with E-state index in [4.69, 9.17) is 4.74 Å². The first kappa shape index (κ1) is 11.0. The summed E-state index contributed by atoms with van der Waals surface area (Å²) in [7, 11) is 0. The normalized spacial score (nSPS) is 20.9. The van der Waals surface area contributed by atoms with Crippen molar-refractivity contribution in [3.05, 3.63) is 29.8 Å². The average molecular weight is 224 g/mol. The largest absolute Gasteiger partial charge is 0.377 e. The van der Waals surface area contributed by atoms with Gasteiger partial charge in [0.2, 0.25) is 5.95 Å². The van der Waals surface area contributed by atoms with Crippen LogP contribution in [0.5, 0.6) is 0 Å². The number of rotatable bonds is 1. The van der Waals surface area contributed by atoms with Gasteiger partial charge in [-0.25, -0.2) is 4.98 Å². The van der Waals surface area contributed by atoms with Crippen LogP contribution in [0.4, 0.5) is 4.39 Å². The van der Waals surface area contributed by atoms with Crippen LogP contribution < -0.4 is 0 Å². The molecule has 0 N–H and O–H groups in total. The van der Waals surface area contributed by atoms with Crippen LogP contribution in [0.1, 0.15) is 17.3 Å². The molecule has 1 aromatic rings. The number of amides is 1. The van der Waals surface area contributed by atoms with Crippen LogP contribution >= 0.6 is 0 Å². The molecule has 0 spiro atoms. The number of morpholine rings is 1. The minimum absolute atomic E-state index is 0.0243. The molecular weight excluding hydrogens is 211 g/mol. The van der Waals surface area contributed by atoms with E-state index in [0.717, 1.165) is 0 Å². The molecule has 0 aromatic carbocycles. The quantitative estimate of drug-likeness (QED) is 0.670. The molecule has 1 saturated heterocycles. The number of nitrogens with zero attached hydrogens (tertiary/aromatic N) is 2. The highest BCUT2D eigenvalue weighted by Crippen LogP contribution is 2.13. The van der Waals surface area contributed by atoms with E-state index in [1.54, 1.807) is 11.0 Å². The zero-order valence-electron chi connectivity index (χ0n) is 9.02. The van der Waals surface area contributed by atoms with Crippen molar-refractivity contribution >= 4 is 5.91 Å². The summed E-state index contributed by atoms with van der Waals surface area (Å²) in [5.74, 6) is -1.03. The molecule has 1 amide bonds. The fourth-order valence-electron chi connectivity index (χ4n) is 1.73. The fourth-order valence-corrected chi connectivity index (χ4v) is 1.73. The maximum atomic E-state index is 13.3. The van der Waals surface area contributed by atoms with E-state index in [1.165, 1.54) is 12.3 Å². The second-order valence-corrected chi connectivity index (χ2v) is 3.76. The van der Waals surface area contributed by atoms with Gasteiger partial charge in [-0.15, -0.1) is 0 Å². The van der Waals surface area contributed by atoms with Crippen LogP contribution in [0, 0.1) is 5.95 Å². The van der Waals surface area contributed by atoms with Crippen LogP contribution in [-0.4, -0.2) is 41.6 Å². The first-order valence-electron chi connectivity index (χ1n) is 5.19. The third-order valence-corrected chi connectivity index (χ3v) is 2.62. The lowest BCUT2D eigenvalue weighted by Crippen LogP contribution is -2.47. The van der Waals surface area contributed by atoms with Gasteiger partial charge >= 0.3 is 0 Å². The zero-order valence-corrected chi connectivity index (χ0v) is 9.02. The fraction of sp³-hybridized carbons (Fsp3) is 0.455. The lowest BCUT2D eigenvalue weighted by atomic mass is 10.2. The van der Waals surface area contributed by atoms with Crippen LogP contribution in [0.2, 0.25) is 0 Å². The molecule has 0 saturated carbocycles. The minimum Gasteiger partial charge on any atom is -0.377 e. The first-order chi connectivity index (χ1) is 7.70. The number of halogens is 1. The predicted molar refractivity (Wildman–Crippen MR) is 55.5 cm³/mol. The number of hydrogen-bond donors (Lipinski definition) is 0. The van der Waals surface area contributed by atoms with E-state index < -0.39 is 5.95 Å². The van der Waals surface area contributed by atoms with Crippen LogP contribution in [0.15, 0.2) is 18.3 Å². The smallest absolute Gasteiger partial charge is 0.258 e. The molecule has 0 aliphatic carbocycles. The van der Waals surface area contributed by atoms with Gasteiger partial charge in [0.1, 0.15) is 0 Å². The highest BCUT2D eigenvalue weighted by Gasteiger charge is 2.26. The molecule has 5 heteroatoms. The van der Waals surface area contributed by atoms with E-state index in [-0.39, 0.29) is 17.5 Å². The van der Waals surface area contributed by atoms with Gasteiger partial charge in [-0.1, -0.05) is 0 Å². The zero-order chi connectivity index (χ0) is 11.5. The predicted octanol–water partition coefficient (Wildman–Crippen LogP) is 1.08. The Kier molecular flexibility index (Phi) is 3.14. The van der Waals surface area contributed by atoms with Gasteiger partial charge in [0.05, 0.1) is 24.8 Å². The molecule has 2 rings (SSSR count). The van der Waals surface area contributed by atoms with Crippen molar-refractivity contribution in [3.63, 3.8) is 0 Å². The summed E-state index contributed by atoms with van der Waals surface area (Å²) in [5, 5.41) is 0. The van der Waals surface area contributed by atoms with Gasteiger partial charge in [0, 0.05) is 12.7 Å². The first-order valence-corrected chi connectivity index (χ1v) is 5.19. The second kappa shape index (κ2) is 4.57. The molecule has 1 atom stereocenters. The molecule has 86 valence electrons. The Bertz CT molecular complexity index is 397. The Morgan fingerprint density at radius 3 is 3.19 bits per heavy atom. The Morgan fingerprint density at radius 1 is 1.69 bits per heavy atom. The molecule has 1 fully saturated rings. The number of pyridine rings is 1. The molecular formula is C11H13FN2O2. The number of hydrogen-bond acceptors (Lipinski definition) is 3. The molecule has 1 aromatic heterocycles. The minimum atomic E-state index is -0.716.